The Balaban J connectivity index is 1.49. The highest BCUT2D eigenvalue weighted by Crippen LogP contribution is 2.34. The maximum absolute atomic E-state index is 6.19. The summed E-state index contributed by atoms with van der Waals surface area (Å²) in [7, 11) is 0. The van der Waals surface area contributed by atoms with E-state index in [2.05, 4.69) is 65.8 Å². The molecule has 3 fully saturated rings. The average Bonchev–Trinajstić information content (AvgIpc) is 3.27. The number of hydrogen-bond acceptors (Lipinski definition) is 5. The van der Waals surface area contributed by atoms with E-state index in [-0.39, 0.29) is 11.6 Å². The van der Waals surface area contributed by atoms with Gasteiger partial charge in [0.05, 0.1) is 38.4 Å². The molecule has 1 aromatic carbocycles. The molecular formula is C24H38N4O2S. The van der Waals surface area contributed by atoms with E-state index in [0.717, 1.165) is 65.0 Å². The summed E-state index contributed by atoms with van der Waals surface area (Å²) in [6.07, 6.45) is 1.31. The van der Waals surface area contributed by atoms with Crippen molar-refractivity contribution in [3.05, 3.63) is 34.9 Å². The lowest BCUT2D eigenvalue weighted by Gasteiger charge is -2.42. The number of aliphatic imine (C=N–C) groups is 1. The molecule has 6 nitrogen and oxygen atoms in total. The van der Waals surface area contributed by atoms with Crippen molar-refractivity contribution < 1.29 is 9.47 Å². The van der Waals surface area contributed by atoms with Gasteiger partial charge in [-0.15, -0.1) is 0 Å². The minimum Gasteiger partial charge on any atom is -0.379 e. The van der Waals surface area contributed by atoms with Crippen LogP contribution in [0.25, 0.3) is 0 Å². The first-order chi connectivity index (χ1) is 15.1. The number of hydrogen-bond donors (Lipinski definition) is 1. The molecule has 0 radical (unpaired) electrons. The number of guanidine groups is 1. The van der Waals surface area contributed by atoms with Crippen LogP contribution < -0.4 is 5.32 Å². The topological polar surface area (TPSA) is 49.3 Å². The highest BCUT2D eigenvalue weighted by atomic mass is 32.2. The molecule has 0 saturated carbocycles. The number of nitrogens with zero attached hydrogens (tertiary/aromatic N) is 3. The van der Waals surface area contributed by atoms with Crippen molar-refractivity contribution in [1.29, 1.82) is 0 Å². The molecule has 3 aliphatic heterocycles. The van der Waals surface area contributed by atoms with Gasteiger partial charge in [-0.3, -0.25) is 9.89 Å². The summed E-state index contributed by atoms with van der Waals surface area (Å²) in [5, 5.41) is 3.56. The third kappa shape index (κ3) is 5.38. The second-order valence-electron chi connectivity index (χ2n) is 8.96. The summed E-state index contributed by atoms with van der Waals surface area (Å²) < 4.78 is 11.8. The highest BCUT2D eigenvalue weighted by Gasteiger charge is 2.41. The molecule has 2 unspecified atom stereocenters. The number of morpholine rings is 2. The molecule has 1 aromatic rings. The number of benzene rings is 1. The summed E-state index contributed by atoms with van der Waals surface area (Å²) in [4.78, 5) is 10.2. The van der Waals surface area contributed by atoms with Gasteiger partial charge in [0, 0.05) is 31.9 Å². The van der Waals surface area contributed by atoms with Crippen LogP contribution in [0, 0.1) is 13.8 Å². The van der Waals surface area contributed by atoms with Crippen LogP contribution in [0.1, 0.15) is 36.1 Å². The lowest BCUT2D eigenvalue weighted by molar-refractivity contribution is -0.0124. The van der Waals surface area contributed by atoms with Crippen LogP contribution in [0.3, 0.4) is 0 Å². The van der Waals surface area contributed by atoms with Gasteiger partial charge in [-0.05, 0) is 44.1 Å². The van der Waals surface area contributed by atoms with E-state index < -0.39 is 0 Å². The van der Waals surface area contributed by atoms with Crippen molar-refractivity contribution in [2.75, 3.05) is 70.6 Å². The number of aryl methyl sites for hydroxylation is 2. The molecule has 4 rings (SSSR count). The molecule has 3 heterocycles. The maximum Gasteiger partial charge on any atom is 0.194 e. The summed E-state index contributed by atoms with van der Waals surface area (Å²) in [5.74, 6) is 3.44. The van der Waals surface area contributed by atoms with Crippen molar-refractivity contribution in [3.63, 3.8) is 0 Å². The summed E-state index contributed by atoms with van der Waals surface area (Å²) >= 11 is 2.07. The molecular weight excluding hydrogens is 408 g/mol. The molecule has 7 heteroatoms. The second-order valence-corrected chi connectivity index (χ2v) is 10.1. The molecule has 0 spiro atoms. The Morgan fingerprint density at radius 2 is 2.06 bits per heavy atom. The first kappa shape index (κ1) is 22.9. The monoisotopic (exact) mass is 446 g/mol. The van der Waals surface area contributed by atoms with E-state index in [0.29, 0.717) is 0 Å². The average molecular weight is 447 g/mol. The Hall–Kier alpha value is -1.28. The fourth-order valence-electron chi connectivity index (χ4n) is 4.97. The fraction of sp³-hybridized carbons (Fsp3) is 0.708. The minimum absolute atomic E-state index is 0.0912. The van der Waals surface area contributed by atoms with Crippen LogP contribution in [0.15, 0.2) is 23.2 Å². The highest BCUT2D eigenvalue weighted by molar-refractivity contribution is 7.99. The van der Waals surface area contributed by atoms with Gasteiger partial charge in [0.2, 0.25) is 0 Å². The number of nitrogens with one attached hydrogen (secondary N) is 1. The number of rotatable bonds is 5. The zero-order valence-electron chi connectivity index (χ0n) is 19.4. The van der Waals surface area contributed by atoms with Crippen LogP contribution in [0.4, 0.5) is 0 Å². The van der Waals surface area contributed by atoms with Gasteiger partial charge in [-0.1, -0.05) is 23.8 Å². The molecule has 0 bridgehead atoms. The van der Waals surface area contributed by atoms with Crippen molar-refractivity contribution in [1.82, 2.24) is 15.1 Å². The third-order valence-corrected chi connectivity index (χ3v) is 7.99. The summed E-state index contributed by atoms with van der Waals surface area (Å²) in [5.41, 5.74) is 4.08. The van der Waals surface area contributed by atoms with Crippen molar-refractivity contribution in [2.24, 2.45) is 4.99 Å². The molecule has 0 aromatic heterocycles. The molecule has 0 aliphatic carbocycles. The Kier molecular flexibility index (Phi) is 7.80. The van der Waals surface area contributed by atoms with Crippen LogP contribution in [-0.4, -0.2) is 91.9 Å². The molecule has 3 aliphatic rings. The van der Waals surface area contributed by atoms with Gasteiger partial charge in [0.15, 0.2) is 5.96 Å². The first-order valence-corrected chi connectivity index (χ1v) is 12.9. The normalized spacial score (nSPS) is 28.2. The Morgan fingerprint density at radius 1 is 1.23 bits per heavy atom. The third-order valence-electron chi connectivity index (χ3n) is 6.76. The van der Waals surface area contributed by atoms with Crippen LogP contribution >= 0.6 is 11.8 Å². The summed E-state index contributed by atoms with van der Waals surface area (Å²) in [6, 6.07) is 6.67. The van der Waals surface area contributed by atoms with Crippen LogP contribution in [-0.2, 0) is 9.47 Å². The van der Waals surface area contributed by atoms with Crippen molar-refractivity contribution >= 4 is 17.7 Å². The van der Waals surface area contributed by atoms with E-state index in [4.69, 9.17) is 14.5 Å². The second kappa shape index (κ2) is 10.6. The lowest BCUT2D eigenvalue weighted by atomic mass is 9.96. The Bertz CT molecular complexity index is 760. The molecule has 172 valence electrons. The van der Waals surface area contributed by atoms with Crippen molar-refractivity contribution in [3.8, 4) is 0 Å². The summed E-state index contributed by atoms with van der Waals surface area (Å²) in [6.45, 7) is 14.4. The standard InChI is InChI=1S/C24H38N4O2S/c1-4-25-23(26-17-24(7-14-31-18-24)28-9-11-29-12-10-28)27-8-13-30-22(16-27)21-6-5-19(2)15-20(21)3/h5-6,15,22H,4,7-14,16-18H2,1-3H3,(H,25,26). The molecule has 0 amide bonds. The van der Waals surface area contributed by atoms with E-state index in [1.165, 1.54) is 34.6 Å². The van der Waals surface area contributed by atoms with Crippen molar-refractivity contribution in [2.45, 2.75) is 38.8 Å². The minimum atomic E-state index is 0.0912. The molecule has 1 N–H and O–H groups in total. The molecule has 2 atom stereocenters. The zero-order chi connectivity index (χ0) is 21.7. The van der Waals surface area contributed by atoms with Gasteiger partial charge < -0.3 is 19.7 Å². The van der Waals surface area contributed by atoms with Crippen LogP contribution in [0.2, 0.25) is 0 Å². The van der Waals surface area contributed by atoms with Gasteiger partial charge in [-0.25, -0.2) is 0 Å². The van der Waals surface area contributed by atoms with E-state index in [9.17, 15) is 0 Å². The lowest BCUT2D eigenvalue weighted by Crippen LogP contribution is -2.56. The maximum atomic E-state index is 6.19. The smallest absolute Gasteiger partial charge is 0.194 e. The van der Waals surface area contributed by atoms with E-state index >= 15 is 0 Å². The van der Waals surface area contributed by atoms with Gasteiger partial charge in [-0.2, -0.15) is 11.8 Å². The van der Waals surface area contributed by atoms with Crippen LogP contribution in [0.5, 0.6) is 0 Å². The predicted octanol–water partition coefficient (Wildman–Crippen LogP) is 2.85. The van der Waals surface area contributed by atoms with Gasteiger partial charge in [0.1, 0.15) is 6.10 Å². The van der Waals surface area contributed by atoms with Gasteiger partial charge >= 0.3 is 0 Å². The Labute approximate surface area is 191 Å². The predicted molar refractivity (Wildman–Crippen MR) is 129 cm³/mol. The molecule has 3 saturated heterocycles. The fourth-order valence-corrected chi connectivity index (χ4v) is 6.44. The zero-order valence-corrected chi connectivity index (χ0v) is 20.2. The number of thioether (sulfide) groups is 1. The first-order valence-electron chi connectivity index (χ1n) is 11.7. The van der Waals surface area contributed by atoms with E-state index in [1.54, 1.807) is 0 Å². The Morgan fingerprint density at radius 3 is 2.77 bits per heavy atom. The van der Waals surface area contributed by atoms with Gasteiger partial charge in [0.25, 0.3) is 0 Å². The SMILES string of the molecule is CCNC(=NCC1(N2CCOCC2)CCSC1)N1CCOC(c2ccc(C)cc2C)C1. The van der Waals surface area contributed by atoms with E-state index in [1.807, 2.05) is 0 Å². The largest absolute Gasteiger partial charge is 0.379 e. The molecule has 31 heavy (non-hydrogen) atoms. The quantitative estimate of drug-likeness (QED) is 0.555. The number of ether oxygens (including phenoxy) is 2.